The number of piperidine rings is 1. The Hall–Kier alpha value is -2.94. The molecule has 0 atom stereocenters. The van der Waals surface area contributed by atoms with Gasteiger partial charge >= 0.3 is 5.97 Å². The molecule has 1 aromatic carbocycles. The van der Waals surface area contributed by atoms with Crippen LogP contribution in [0.1, 0.15) is 52.8 Å². The molecule has 9 heteroatoms. The second-order valence-corrected chi connectivity index (χ2v) is 7.77. The Kier molecular flexibility index (Phi) is 7.40. The van der Waals surface area contributed by atoms with E-state index in [1.54, 1.807) is 6.07 Å². The SMILES string of the molecule is O=C(O)CCN1CC(=O)Nc2ccc(C(=O)NCCCC3CCNCC3)cc2C1=O. The predicted molar refractivity (Wildman–Crippen MR) is 110 cm³/mol. The number of rotatable bonds is 8. The van der Waals surface area contributed by atoms with E-state index in [0.717, 1.165) is 25.9 Å². The molecule has 0 spiro atoms. The Balaban J connectivity index is 1.61. The fourth-order valence-electron chi connectivity index (χ4n) is 3.85. The smallest absolute Gasteiger partial charge is 0.305 e. The number of benzene rings is 1. The van der Waals surface area contributed by atoms with E-state index in [-0.39, 0.29) is 31.0 Å². The summed E-state index contributed by atoms with van der Waals surface area (Å²) in [5.41, 5.74) is 0.845. The van der Waals surface area contributed by atoms with E-state index in [0.29, 0.717) is 23.7 Å². The summed E-state index contributed by atoms with van der Waals surface area (Å²) < 4.78 is 0. The Labute approximate surface area is 175 Å². The number of anilines is 1. The number of hydrogen-bond donors (Lipinski definition) is 4. The van der Waals surface area contributed by atoms with Crippen LogP contribution in [0.5, 0.6) is 0 Å². The number of nitrogens with zero attached hydrogens (tertiary/aromatic N) is 1. The van der Waals surface area contributed by atoms with E-state index in [2.05, 4.69) is 16.0 Å². The van der Waals surface area contributed by atoms with Crippen molar-refractivity contribution in [3.8, 4) is 0 Å². The van der Waals surface area contributed by atoms with E-state index in [4.69, 9.17) is 5.11 Å². The third-order valence-electron chi connectivity index (χ3n) is 5.54. The molecule has 0 saturated carbocycles. The first-order chi connectivity index (χ1) is 14.4. The van der Waals surface area contributed by atoms with E-state index >= 15 is 0 Å². The van der Waals surface area contributed by atoms with Crippen molar-refractivity contribution in [2.45, 2.75) is 32.1 Å². The molecule has 4 N–H and O–H groups in total. The lowest BCUT2D eigenvalue weighted by Gasteiger charge is -2.22. The van der Waals surface area contributed by atoms with Crippen LogP contribution in [-0.4, -0.2) is 66.4 Å². The quantitative estimate of drug-likeness (QED) is 0.469. The number of carboxylic acids is 1. The average molecular weight is 416 g/mol. The molecular weight excluding hydrogens is 388 g/mol. The Morgan fingerprint density at radius 2 is 1.97 bits per heavy atom. The van der Waals surface area contributed by atoms with Crippen molar-refractivity contribution in [3.05, 3.63) is 29.3 Å². The molecule has 1 fully saturated rings. The van der Waals surface area contributed by atoms with Gasteiger partial charge < -0.3 is 26.0 Å². The number of aliphatic carboxylic acids is 1. The molecule has 162 valence electrons. The molecule has 0 bridgehead atoms. The standard InChI is InChI=1S/C21H28N4O5/c26-18-13-25(11-7-19(27)28)21(30)16-12-15(3-4-17(16)24-18)20(29)23-8-1-2-14-5-9-22-10-6-14/h3-4,12,14,22H,1-2,5-11,13H2,(H,23,29)(H,24,26)(H,27,28). The predicted octanol–water partition coefficient (Wildman–Crippen LogP) is 1.07. The van der Waals surface area contributed by atoms with E-state index in [1.807, 2.05) is 0 Å². The maximum absolute atomic E-state index is 12.8. The van der Waals surface area contributed by atoms with Crippen LogP contribution >= 0.6 is 0 Å². The summed E-state index contributed by atoms with van der Waals surface area (Å²) in [5.74, 6) is -1.49. The fraction of sp³-hybridized carbons (Fsp3) is 0.524. The zero-order valence-electron chi connectivity index (χ0n) is 16.9. The van der Waals surface area contributed by atoms with E-state index in [9.17, 15) is 19.2 Å². The van der Waals surface area contributed by atoms with Crippen LogP contribution in [0, 0.1) is 5.92 Å². The molecule has 2 aliphatic heterocycles. The second kappa shape index (κ2) is 10.2. The molecule has 3 amide bonds. The van der Waals surface area contributed by atoms with Crippen LogP contribution in [0.3, 0.4) is 0 Å². The highest BCUT2D eigenvalue weighted by molar-refractivity contribution is 6.10. The summed E-state index contributed by atoms with van der Waals surface area (Å²) in [6, 6.07) is 4.57. The van der Waals surface area contributed by atoms with Gasteiger partial charge in [-0.3, -0.25) is 19.2 Å². The van der Waals surface area contributed by atoms with Crippen LogP contribution in [0.2, 0.25) is 0 Å². The summed E-state index contributed by atoms with van der Waals surface area (Å²) in [6.45, 7) is 2.38. The summed E-state index contributed by atoms with van der Waals surface area (Å²) >= 11 is 0. The van der Waals surface area contributed by atoms with Crippen molar-refractivity contribution >= 4 is 29.4 Å². The highest BCUT2D eigenvalue weighted by atomic mass is 16.4. The minimum absolute atomic E-state index is 0.0753. The molecule has 1 aromatic rings. The number of carbonyl (C=O) groups is 4. The molecule has 0 unspecified atom stereocenters. The second-order valence-electron chi connectivity index (χ2n) is 7.77. The highest BCUT2D eigenvalue weighted by Crippen LogP contribution is 2.23. The lowest BCUT2D eigenvalue weighted by molar-refractivity contribution is -0.137. The third kappa shape index (κ3) is 5.79. The van der Waals surface area contributed by atoms with Crippen LogP contribution in [0.15, 0.2) is 18.2 Å². The Morgan fingerprint density at radius 3 is 2.70 bits per heavy atom. The number of fused-ring (bicyclic) bond motifs is 1. The van der Waals surface area contributed by atoms with Gasteiger partial charge in [0.05, 0.1) is 17.7 Å². The van der Waals surface area contributed by atoms with Crippen LogP contribution < -0.4 is 16.0 Å². The van der Waals surface area contributed by atoms with Crippen molar-refractivity contribution in [1.82, 2.24) is 15.5 Å². The number of nitrogens with one attached hydrogen (secondary N) is 3. The molecule has 1 saturated heterocycles. The number of carbonyl (C=O) groups excluding carboxylic acids is 3. The molecule has 3 rings (SSSR count). The van der Waals surface area contributed by atoms with Crippen molar-refractivity contribution in [2.24, 2.45) is 5.92 Å². The van der Waals surface area contributed by atoms with Gasteiger partial charge in [-0.15, -0.1) is 0 Å². The largest absolute Gasteiger partial charge is 0.481 e. The van der Waals surface area contributed by atoms with Gasteiger partial charge in [-0.2, -0.15) is 0 Å². The summed E-state index contributed by atoms with van der Waals surface area (Å²) in [4.78, 5) is 49.4. The molecule has 30 heavy (non-hydrogen) atoms. The van der Waals surface area contributed by atoms with E-state index < -0.39 is 17.8 Å². The molecular formula is C21H28N4O5. The average Bonchev–Trinajstić information content (AvgIpc) is 2.85. The first-order valence-electron chi connectivity index (χ1n) is 10.4. The zero-order chi connectivity index (χ0) is 21.5. The number of carboxylic acid groups (broad SMARTS) is 1. The lowest BCUT2D eigenvalue weighted by atomic mass is 9.93. The monoisotopic (exact) mass is 416 g/mol. The molecule has 0 aromatic heterocycles. The number of hydrogen-bond acceptors (Lipinski definition) is 5. The van der Waals surface area contributed by atoms with Gasteiger partial charge in [0.2, 0.25) is 5.91 Å². The van der Waals surface area contributed by atoms with Gasteiger partial charge in [0.1, 0.15) is 6.54 Å². The van der Waals surface area contributed by atoms with Crippen molar-refractivity contribution < 1.29 is 24.3 Å². The zero-order valence-corrected chi connectivity index (χ0v) is 16.9. The number of amides is 3. The maximum atomic E-state index is 12.8. The maximum Gasteiger partial charge on any atom is 0.305 e. The van der Waals surface area contributed by atoms with Gasteiger partial charge in [-0.25, -0.2) is 0 Å². The Bertz CT molecular complexity index is 820. The van der Waals surface area contributed by atoms with E-state index in [1.165, 1.54) is 29.9 Å². The third-order valence-corrected chi connectivity index (χ3v) is 5.54. The lowest BCUT2D eigenvalue weighted by Crippen LogP contribution is -2.36. The van der Waals surface area contributed by atoms with Crippen molar-refractivity contribution in [3.63, 3.8) is 0 Å². The van der Waals surface area contributed by atoms with Crippen molar-refractivity contribution in [1.29, 1.82) is 0 Å². The van der Waals surface area contributed by atoms with Crippen LogP contribution in [-0.2, 0) is 9.59 Å². The molecule has 0 aliphatic carbocycles. The fourth-order valence-corrected chi connectivity index (χ4v) is 3.85. The first-order valence-corrected chi connectivity index (χ1v) is 10.4. The van der Waals surface area contributed by atoms with Crippen molar-refractivity contribution in [2.75, 3.05) is 38.0 Å². The normalized spacial score (nSPS) is 17.1. The molecule has 2 aliphatic rings. The summed E-state index contributed by atoms with van der Waals surface area (Å²) in [5, 5.41) is 17.7. The Morgan fingerprint density at radius 1 is 1.20 bits per heavy atom. The van der Waals surface area contributed by atoms with Gasteiger partial charge in [0.25, 0.3) is 11.8 Å². The minimum atomic E-state index is -1.05. The van der Waals surface area contributed by atoms with Gasteiger partial charge in [0, 0.05) is 18.7 Å². The van der Waals surface area contributed by atoms with Gasteiger partial charge in [-0.1, -0.05) is 0 Å². The summed E-state index contributed by atoms with van der Waals surface area (Å²) in [6.07, 6.45) is 4.07. The first kappa shape index (κ1) is 21.8. The van der Waals surface area contributed by atoms with Gasteiger partial charge in [0.15, 0.2) is 0 Å². The summed E-state index contributed by atoms with van der Waals surface area (Å²) in [7, 11) is 0. The molecule has 0 radical (unpaired) electrons. The van der Waals surface area contributed by atoms with Gasteiger partial charge in [-0.05, 0) is 62.9 Å². The van der Waals surface area contributed by atoms with Crippen LogP contribution in [0.4, 0.5) is 5.69 Å². The highest BCUT2D eigenvalue weighted by Gasteiger charge is 2.27. The van der Waals surface area contributed by atoms with Crippen LogP contribution in [0.25, 0.3) is 0 Å². The molecule has 9 nitrogen and oxygen atoms in total. The topological polar surface area (TPSA) is 128 Å². The minimum Gasteiger partial charge on any atom is -0.481 e. The molecule has 2 heterocycles.